The van der Waals surface area contributed by atoms with Crippen molar-refractivity contribution in [1.29, 1.82) is 0 Å². The summed E-state index contributed by atoms with van der Waals surface area (Å²) in [6, 6.07) is 1.40. The second-order valence-electron chi connectivity index (χ2n) is 2.17. The first-order valence-corrected chi connectivity index (χ1v) is 3.72. The Balaban J connectivity index is 2.59. The Morgan fingerprint density at radius 2 is 2.31 bits per heavy atom. The number of carboxylic acid groups (broad SMARTS) is 1. The monoisotopic (exact) mass is 203 g/mol. The van der Waals surface area contributed by atoms with E-state index in [0.717, 1.165) is 0 Å². The van der Waals surface area contributed by atoms with Crippen molar-refractivity contribution in [2.45, 2.75) is 0 Å². The molecule has 6 heteroatoms. The van der Waals surface area contributed by atoms with Crippen molar-refractivity contribution >= 4 is 23.5 Å². The molecule has 2 N–H and O–H groups in total. The average molecular weight is 204 g/mol. The Kier molecular flexibility index (Phi) is 2.92. The molecule has 1 rings (SSSR count). The number of carbonyl (C=O) groups excluding carboxylic acids is 1. The van der Waals surface area contributed by atoms with Crippen LogP contribution in [-0.4, -0.2) is 23.5 Å². The highest BCUT2D eigenvalue weighted by Gasteiger charge is 2.14. The molecule has 0 atom stereocenters. The highest BCUT2D eigenvalue weighted by atomic mass is 35.5. The lowest BCUT2D eigenvalue weighted by atomic mass is 10.4. The van der Waals surface area contributed by atoms with Crippen LogP contribution in [0.3, 0.4) is 0 Å². The van der Waals surface area contributed by atoms with E-state index in [-0.39, 0.29) is 10.8 Å². The Hall–Kier alpha value is -1.49. The predicted molar refractivity (Wildman–Crippen MR) is 43.7 cm³/mol. The van der Waals surface area contributed by atoms with Crippen LogP contribution < -0.4 is 5.32 Å². The predicted octanol–water partition coefficient (Wildman–Crippen LogP) is 0.747. The van der Waals surface area contributed by atoms with Crippen LogP contribution >= 0.6 is 11.6 Å². The molecule has 0 aliphatic rings. The van der Waals surface area contributed by atoms with E-state index in [1.54, 1.807) is 0 Å². The Bertz CT molecular complexity index is 333. The molecule has 13 heavy (non-hydrogen) atoms. The van der Waals surface area contributed by atoms with Crippen LogP contribution in [0.15, 0.2) is 16.7 Å². The molecule has 1 aromatic heterocycles. The molecule has 0 aliphatic heterocycles. The molecule has 0 saturated carbocycles. The van der Waals surface area contributed by atoms with Crippen LogP contribution in [0.2, 0.25) is 5.02 Å². The summed E-state index contributed by atoms with van der Waals surface area (Å²) in [5.41, 5.74) is 0. The fourth-order valence-corrected chi connectivity index (χ4v) is 0.874. The van der Waals surface area contributed by atoms with Gasteiger partial charge >= 0.3 is 5.97 Å². The molecule has 0 spiro atoms. The maximum Gasteiger partial charge on any atom is 0.322 e. The lowest BCUT2D eigenvalue weighted by Crippen LogP contribution is -2.29. The highest BCUT2D eigenvalue weighted by Crippen LogP contribution is 2.15. The second kappa shape index (κ2) is 3.95. The van der Waals surface area contributed by atoms with Crippen LogP contribution in [0.25, 0.3) is 0 Å². The van der Waals surface area contributed by atoms with Crippen molar-refractivity contribution < 1.29 is 19.1 Å². The third-order valence-electron chi connectivity index (χ3n) is 1.22. The number of hydrogen-bond acceptors (Lipinski definition) is 3. The van der Waals surface area contributed by atoms with Gasteiger partial charge in [-0.1, -0.05) is 11.6 Å². The molecule has 0 bridgehead atoms. The number of halogens is 1. The van der Waals surface area contributed by atoms with Gasteiger partial charge in [-0.05, 0) is 6.07 Å². The summed E-state index contributed by atoms with van der Waals surface area (Å²) in [6.45, 7) is -0.462. The molecule has 0 unspecified atom stereocenters. The molecule has 0 aromatic carbocycles. The van der Waals surface area contributed by atoms with Crippen molar-refractivity contribution in [2.24, 2.45) is 0 Å². The summed E-state index contributed by atoms with van der Waals surface area (Å²) in [4.78, 5) is 21.2. The fourth-order valence-electron chi connectivity index (χ4n) is 0.692. The van der Waals surface area contributed by atoms with Gasteiger partial charge in [0.2, 0.25) is 5.76 Å². The standard InChI is InChI=1S/C7H6ClNO4/c8-4-1-2-13-6(4)7(12)9-3-5(10)11/h1-2H,3H2,(H,9,12)(H,10,11). The molecule has 1 aromatic rings. The third kappa shape index (κ3) is 2.48. The third-order valence-corrected chi connectivity index (χ3v) is 1.52. The zero-order valence-electron chi connectivity index (χ0n) is 6.41. The number of hydrogen-bond donors (Lipinski definition) is 2. The average Bonchev–Trinajstić information content (AvgIpc) is 2.47. The van der Waals surface area contributed by atoms with Gasteiger partial charge in [-0.25, -0.2) is 0 Å². The maximum absolute atomic E-state index is 11.1. The number of nitrogens with one attached hydrogen (secondary N) is 1. The number of rotatable bonds is 3. The minimum absolute atomic E-state index is 0.0806. The minimum Gasteiger partial charge on any atom is -0.480 e. The minimum atomic E-state index is -1.13. The van der Waals surface area contributed by atoms with E-state index in [4.69, 9.17) is 21.1 Å². The molecular weight excluding hydrogens is 198 g/mol. The topological polar surface area (TPSA) is 79.5 Å². The zero-order chi connectivity index (χ0) is 9.84. The Labute approximate surface area is 78.3 Å². The normalized spacial score (nSPS) is 9.62. The van der Waals surface area contributed by atoms with Crippen LogP contribution in [0, 0.1) is 0 Å². The van der Waals surface area contributed by atoms with Crippen LogP contribution in [0.4, 0.5) is 0 Å². The van der Waals surface area contributed by atoms with E-state index in [2.05, 4.69) is 5.32 Å². The molecule has 0 saturated heterocycles. The van der Waals surface area contributed by atoms with E-state index in [1.165, 1.54) is 12.3 Å². The maximum atomic E-state index is 11.1. The van der Waals surface area contributed by atoms with E-state index in [1.807, 2.05) is 0 Å². The summed E-state index contributed by atoms with van der Waals surface area (Å²) in [5, 5.41) is 10.5. The van der Waals surface area contributed by atoms with Gasteiger partial charge < -0.3 is 14.8 Å². The lowest BCUT2D eigenvalue weighted by Gasteiger charge is -1.98. The number of furan rings is 1. The SMILES string of the molecule is O=C(O)CNC(=O)c1occc1Cl. The molecule has 1 heterocycles. The molecule has 0 aliphatic carbocycles. The smallest absolute Gasteiger partial charge is 0.322 e. The van der Waals surface area contributed by atoms with Crippen molar-refractivity contribution in [3.63, 3.8) is 0 Å². The largest absolute Gasteiger partial charge is 0.480 e. The Morgan fingerprint density at radius 3 is 2.77 bits per heavy atom. The van der Waals surface area contributed by atoms with Gasteiger partial charge in [-0.2, -0.15) is 0 Å². The number of carbonyl (C=O) groups is 2. The van der Waals surface area contributed by atoms with Crippen LogP contribution in [-0.2, 0) is 4.79 Å². The van der Waals surface area contributed by atoms with Gasteiger partial charge in [-0.15, -0.1) is 0 Å². The molecule has 0 radical (unpaired) electrons. The van der Waals surface area contributed by atoms with Gasteiger partial charge in [0.25, 0.3) is 5.91 Å². The van der Waals surface area contributed by atoms with Gasteiger partial charge in [0.15, 0.2) is 0 Å². The van der Waals surface area contributed by atoms with Crippen LogP contribution in [0.5, 0.6) is 0 Å². The number of amides is 1. The second-order valence-corrected chi connectivity index (χ2v) is 2.58. The van der Waals surface area contributed by atoms with Gasteiger partial charge in [0.1, 0.15) is 6.54 Å². The summed E-state index contributed by atoms with van der Waals surface area (Å²) in [5.74, 6) is -1.85. The molecule has 70 valence electrons. The first-order chi connectivity index (χ1) is 6.11. The summed E-state index contributed by atoms with van der Waals surface area (Å²) in [7, 11) is 0. The van der Waals surface area contributed by atoms with Gasteiger partial charge in [0, 0.05) is 0 Å². The Morgan fingerprint density at radius 1 is 1.62 bits per heavy atom. The summed E-state index contributed by atoms with van der Waals surface area (Å²) < 4.78 is 4.72. The van der Waals surface area contributed by atoms with Gasteiger partial charge in [-0.3, -0.25) is 9.59 Å². The first kappa shape index (κ1) is 9.60. The lowest BCUT2D eigenvalue weighted by molar-refractivity contribution is -0.135. The van der Waals surface area contributed by atoms with Crippen molar-refractivity contribution in [1.82, 2.24) is 5.32 Å². The molecule has 1 amide bonds. The summed E-state index contributed by atoms with van der Waals surface area (Å²) in [6.07, 6.45) is 1.25. The van der Waals surface area contributed by atoms with Crippen LogP contribution in [0.1, 0.15) is 10.6 Å². The first-order valence-electron chi connectivity index (χ1n) is 3.34. The molecule has 0 fully saturated rings. The number of aliphatic carboxylic acids is 1. The fraction of sp³-hybridized carbons (Fsp3) is 0.143. The molecule has 5 nitrogen and oxygen atoms in total. The highest BCUT2D eigenvalue weighted by molar-refractivity contribution is 6.33. The van der Waals surface area contributed by atoms with Gasteiger partial charge in [0.05, 0.1) is 11.3 Å². The quantitative estimate of drug-likeness (QED) is 0.760. The summed E-state index contributed by atoms with van der Waals surface area (Å²) >= 11 is 5.55. The van der Waals surface area contributed by atoms with Crippen molar-refractivity contribution in [2.75, 3.05) is 6.54 Å². The van der Waals surface area contributed by atoms with E-state index < -0.39 is 18.4 Å². The zero-order valence-corrected chi connectivity index (χ0v) is 7.17. The van der Waals surface area contributed by atoms with E-state index >= 15 is 0 Å². The van der Waals surface area contributed by atoms with Crippen molar-refractivity contribution in [3.05, 3.63) is 23.1 Å². The van der Waals surface area contributed by atoms with E-state index in [0.29, 0.717) is 0 Å². The molecular formula is C7H6ClNO4. The van der Waals surface area contributed by atoms with Crippen molar-refractivity contribution in [3.8, 4) is 0 Å². The van der Waals surface area contributed by atoms with E-state index in [9.17, 15) is 9.59 Å². The number of carboxylic acids is 1.